The van der Waals surface area contributed by atoms with Gasteiger partial charge in [0.1, 0.15) is 23.2 Å². The molecule has 0 aliphatic carbocycles. The van der Waals surface area contributed by atoms with Crippen LogP contribution in [-0.4, -0.2) is 102 Å². The fraction of sp³-hybridized carbons (Fsp3) is 0.720. The van der Waals surface area contributed by atoms with Crippen LogP contribution in [0.3, 0.4) is 0 Å². The van der Waals surface area contributed by atoms with Gasteiger partial charge in [0.2, 0.25) is 0 Å². The van der Waals surface area contributed by atoms with Crippen molar-refractivity contribution in [3.8, 4) is 5.75 Å². The van der Waals surface area contributed by atoms with Crippen LogP contribution in [0.5, 0.6) is 5.75 Å². The Kier molecular flexibility index (Phi) is 10.3. The quantitative estimate of drug-likeness (QED) is 0.275. The lowest BCUT2D eigenvalue weighted by atomic mass is 9.91. The average molecular weight is 565 g/mol. The summed E-state index contributed by atoms with van der Waals surface area (Å²) in [6.07, 6.45) is -0.447. The predicted octanol–water partition coefficient (Wildman–Crippen LogP) is 3.04. The lowest BCUT2D eigenvalue weighted by Gasteiger charge is -2.48. The van der Waals surface area contributed by atoms with Crippen molar-refractivity contribution in [2.75, 3.05) is 53.4 Å². The van der Waals surface area contributed by atoms with E-state index in [1.54, 1.807) is 42.7 Å². The van der Waals surface area contributed by atoms with E-state index in [0.29, 0.717) is 35.7 Å². The lowest BCUT2D eigenvalue weighted by molar-refractivity contribution is -0.188. The number of aliphatic hydroxyl groups is 3. The van der Waals surface area contributed by atoms with Gasteiger partial charge in [0.25, 0.3) is 0 Å². The maximum atomic E-state index is 13.2. The van der Waals surface area contributed by atoms with Gasteiger partial charge in [-0.15, -0.1) is 0 Å². The Morgan fingerprint density at radius 1 is 1.27 bits per heavy atom. The van der Waals surface area contributed by atoms with Crippen molar-refractivity contribution in [2.24, 2.45) is 5.92 Å². The number of hydrogen-bond acceptors (Lipinski definition) is 9. The number of rotatable bonds is 11. The number of aliphatic hydroxyl groups excluding tert-OH is 2. The summed E-state index contributed by atoms with van der Waals surface area (Å²) >= 11 is 13.0. The van der Waals surface area contributed by atoms with Crippen molar-refractivity contribution in [2.45, 2.75) is 57.1 Å². The molecule has 3 rings (SSSR count). The Labute approximate surface area is 227 Å². The highest BCUT2D eigenvalue weighted by Gasteiger charge is 2.46. The molecule has 12 heteroatoms. The summed E-state index contributed by atoms with van der Waals surface area (Å²) in [6.45, 7) is 6.34. The molecule has 1 unspecified atom stereocenters. The van der Waals surface area contributed by atoms with Crippen molar-refractivity contribution >= 4 is 29.3 Å². The van der Waals surface area contributed by atoms with Gasteiger partial charge in [-0.1, -0.05) is 23.2 Å². The molecule has 1 amide bonds. The minimum Gasteiger partial charge on any atom is -0.467 e. The van der Waals surface area contributed by atoms with Gasteiger partial charge < -0.3 is 39.2 Å². The third kappa shape index (κ3) is 7.83. The molecule has 10 nitrogen and oxygen atoms in total. The van der Waals surface area contributed by atoms with Crippen LogP contribution in [0.4, 0.5) is 4.79 Å². The molecular weight excluding hydrogens is 527 g/mol. The summed E-state index contributed by atoms with van der Waals surface area (Å²) < 4.78 is 21.7. The van der Waals surface area contributed by atoms with Crippen molar-refractivity contribution in [1.82, 2.24) is 9.80 Å². The molecule has 2 saturated heterocycles. The van der Waals surface area contributed by atoms with Crippen molar-refractivity contribution in [3.05, 3.63) is 27.7 Å². The van der Waals surface area contributed by atoms with Gasteiger partial charge in [-0.05, 0) is 51.7 Å². The highest BCUT2D eigenvalue weighted by Crippen LogP contribution is 2.47. The number of halogens is 2. The Morgan fingerprint density at radius 3 is 2.59 bits per heavy atom. The molecule has 0 bridgehead atoms. The number of ether oxygens (including phenoxy) is 4. The monoisotopic (exact) mass is 564 g/mol. The first-order chi connectivity index (χ1) is 17.4. The van der Waals surface area contributed by atoms with Crippen LogP contribution in [0, 0.1) is 5.92 Å². The van der Waals surface area contributed by atoms with E-state index in [4.69, 9.17) is 47.3 Å². The summed E-state index contributed by atoms with van der Waals surface area (Å²) in [5.41, 5.74) is -1.19. The average Bonchev–Trinajstić information content (AvgIpc) is 3.20. The molecule has 0 aromatic heterocycles. The molecule has 2 aliphatic heterocycles. The van der Waals surface area contributed by atoms with Crippen LogP contribution < -0.4 is 4.74 Å². The van der Waals surface area contributed by atoms with Crippen LogP contribution >= 0.6 is 23.2 Å². The topological polar surface area (TPSA) is 121 Å². The van der Waals surface area contributed by atoms with E-state index >= 15 is 0 Å². The Balaban J connectivity index is 1.77. The molecule has 210 valence electrons. The number of amides is 1. The summed E-state index contributed by atoms with van der Waals surface area (Å²) in [6, 6.07) is 2.82. The normalized spacial score (nSPS) is 22.6. The highest BCUT2D eigenvalue weighted by molar-refractivity contribution is 6.42. The second-order valence-corrected chi connectivity index (χ2v) is 11.5. The lowest BCUT2D eigenvalue weighted by Crippen LogP contribution is -2.67. The zero-order chi connectivity index (χ0) is 27.4. The highest BCUT2D eigenvalue weighted by atomic mass is 35.5. The molecular formula is C25H38Cl2N2O8. The first-order valence-electron chi connectivity index (χ1n) is 12.3. The van der Waals surface area contributed by atoms with E-state index in [9.17, 15) is 15.0 Å². The minimum atomic E-state index is -1.06. The number of methoxy groups -OCH3 is 1. The Morgan fingerprint density at radius 2 is 1.97 bits per heavy atom. The van der Waals surface area contributed by atoms with Gasteiger partial charge in [0, 0.05) is 32.3 Å². The zero-order valence-electron chi connectivity index (χ0n) is 21.8. The number of nitrogens with zero attached hydrogens (tertiary/aromatic N) is 2. The fourth-order valence-electron chi connectivity index (χ4n) is 4.78. The first-order valence-corrected chi connectivity index (χ1v) is 13.1. The summed E-state index contributed by atoms with van der Waals surface area (Å²) in [4.78, 5) is 16.6. The number of likely N-dealkylation sites (tertiary alicyclic amines) is 2. The third-order valence-corrected chi connectivity index (χ3v) is 7.16. The van der Waals surface area contributed by atoms with E-state index in [1.165, 1.54) is 7.11 Å². The SMILES string of the molecule is COCOc1ccc(Cl)c(Cl)c1[C@H]1C[C@@H](CC(O)N2CC(O)(COCCO)C2)CN1C(=O)OC(C)(C)C. The van der Waals surface area contributed by atoms with Gasteiger partial charge >= 0.3 is 6.09 Å². The second kappa shape index (κ2) is 12.7. The van der Waals surface area contributed by atoms with E-state index < -0.39 is 29.6 Å². The number of carbonyl (C=O) groups excluding carboxylic acids is 1. The Bertz CT molecular complexity index is 923. The minimum absolute atomic E-state index is 0.00779. The fourth-order valence-corrected chi connectivity index (χ4v) is 5.23. The van der Waals surface area contributed by atoms with Gasteiger partial charge in [-0.25, -0.2) is 4.79 Å². The second-order valence-electron chi connectivity index (χ2n) is 10.7. The zero-order valence-corrected chi connectivity index (χ0v) is 23.3. The number of β-amino-alcohol motifs (C(OH)–C–C–N with tert-alkyl or cyclic N) is 1. The van der Waals surface area contributed by atoms with Crippen molar-refractivity contribution < 1.29 is 39.1 Å². The molecule has 1 aromatic carbocycles. The largest absolute Gasteiger partial charge is 0.467 e. The Hall–Kier alpha value is -1.37. The summed E-state index contributed by atoms with van der Waals surface area (Å²) in [5.74, 6) is 0.365. The summed E-state index contributed by atoms with van der Waals surface area (Å²) in [5, 5.41) is 30.9. The summed E-state index contributed by atoms with van der Waals surface area (Å²) in [7, 11) is 1.51. The van der Waals surface area contributed by atoms with E-state index in [0.717, 1.165) is 0 Å². The molecule has 0 radical (unpaired) electrons. The van der Waals surface area contributed by atoms with Crippen LogP contribution in [0.2, 0.25) is 10.0 Å². The van der Waals surface area contributed by atoms with Gasteiger partial charge in [-0.2, -0.15) is 0 Å². The molecule has 0 spiro atoms. The maximum Gasteiger partial charge on any atom is 0.410 e. The van der Waals surface area contributed by atoms with E-state index in [1.807, 2.05) is 0 Å². The van der Waals surface area contributed by atoms with Crippen LogP contribution in [0.1, 0.15) is 45.2 Å². The molecule has 1 aromatic rings. The standard InChI is InChI=1S/C25H38Cl2N2O8/c1-24(2,3)37-23(32)29-11-16(10-20(31)28-12-25(33,13-28)14-35-8-7-30)9-18(29)21-19(36-15-34-4)6-5-17(26)22(21)27/h5-6,16,18,20,30-31,33H,7-15H2,1-4H3/t16-,18+,20?/m0/s1. The predicted molar refractivity (Wildman–Crippen MR) is 138 cm³/mol. The number of carbonyl (C=O) groups is 1. The number of hydrogen-bond donors (Lipinski definition) is 3. The van der Waals surface area contributed by atoms with Gasteiger partial charge in [0.15, 0.2) is 6.79 Å². The molecule has 37 heavy (non-hydrogen) atoms. The van der Waals surface area contributed by atoms with Gasteiger partial charge in [0.05, 0.1) is 35.9 Å². The molecule has 3 N–H and O–H groups in total. The molecule has 2 fully saturated rings. The van der Waals surface area contributed by atoms with Crippen molar-refractivity contribution in [3.63, 3.8) is 0 Å². The molecule has 0 saturated carbocycles. The van der Waals surface area contributed by atoms with Crippen LogP contribution in [0.25, 0.3) is 0 Å². The maximum absolute atomic E-state index is 13.2. The van der Waals surface area contributed by atoms with Crippen LogP contribution in [0.15, 0.2) is 12.1 Å². The smallest absolute Gasteiger partial charge is 0.410 e. The number of benzene rings is 1. The van der Waals surface area contributed by atoms with E-state index in [-0.39, 0.29) is 50.6 Å². The van der Waals surface area contributed by atoms with Gasteiger partial charge in [-0.3, -0.25) is 4.90 Å². The van der Waals surface area contributed by atoms with Crippen LogP contribution in [-0.2, 0) is 14.2 Å². The molecule has 2 aliphatic rings. The third-order valence-electron chi connectivity index (χ3n) is 6.34. The molecule has 2 heterocycles. The first kappa shape index (κ1) is 30.2. The van der Waals surface area contributed by atoms with Crippen molar-refractivity contribution in [1.29, 1.82) is 0 Å². The van der Waals surface area contributed by atoms with E-state index in [2.05, 4.69) is 0 Å². The molecule has 3 atom stereocenters.